The van der Waals surface area contributed by atoms with Crippen LogP contribution in [0.25, 0.3) is 11.3 Å². The number of ether oxygens (including phenoxy) is 2. The summed E-state index contributed by atoms with van der Waals surface area (Å²) in [6.07, 6.45) is 0. The fourth-order valence-electron chi connectivity index (χ4n) is 2.39. The SMILES string of the molecule is CCOC(=O)c1c([N+](=O)[O-])c(-c2ccccc2)[nH]c(=S)c1C(=O)OCC. The summed E-state index contributed by atoms with van der Waals surface area (Å²) in [7, 11) is 0. The molecule has 0 unspecified atom stereocenters. The highest BCUT2D eigenvalue weighted by Gasteiger charge is 2.34. The van der Waals surface area contributed by atoms with Gasteiger partial charge < -0.3 is 14.5 Å². The third-order valence-corrected chi connectivity index (χ3v) is 3.70. The van der Waals surface area contributed by atoms with Gasteiger partial charge in [0, 0.05) is 5.56 Å². The third kappa shape index (κ3) is 3.77. The van der Waals surface area contributed by atoms with Gasteiger partial charge in [-0.15, -0.1) is 0 Å². The van der Waals surface area contributed by atoms with E-state index in [9.17, 15) is 19.7 Å². The average molecular weight is 376 g/mol. The first kappa shape index (κ1) is 19.3. The summed E-state index contributed by atoms with van der Waals surface area (Å²) in [5, 5.41) is 11.8. The number of esters is 2. The monoisotopic (exact) mass is 376 g/mol. The fraction of sp³-hybridized carbons (Fsp3) is 0.235. The van der Waals surface area contributed by atoms with Gasteiger partial charge in [-0.3, -0.25) is 10.1 Å². The van der Waals surface area contributed by atoms with Gasteiger partial charge in [0.15, 0.2) is 5.56 Å². The molecular formula is C17H16N2O6S. The number of benzene rings is 1. The van der Waals surface area contributed by atoms with E-state index in [1.807, 2.05) is 0 Å². The molecule has 1 aromatic heterocycles. The topological polar surface area (TPSA) is 112 Å². The van der Waals surface area contributed by atoms with Gasteiger partial charge in [0.25, 0.3) is 0 Å². The van der Waals surface area contributed by atoms with Crippen LogP contribution in [0.5, 0.6) is 0 Å². The Morgan fingerprint density at radius 1 is 1.08 bits per heavy atom. The first-order valence-electron chi connectivity index (χ1n) is 7.76. The van der Waals surface area contributed by atoms with Gasteiger partial charge in [0.1, 0.15) is 15.9 Å². The maximum atomic E-state index is 12.4. The van der Waals surface area contributed by atoms with Crippen molar-refractivity contribution in [2.45, 2.75) is 13.8 Å². The molecule has 2 aromatic rings. The van der Waals surface area contributed by atoms with Crippen molar-refractivity contribution < 1.29 is 24.0 Å². The van der Waals surface area contributed by atoms with Crippen molar-refractivity contribution in [1.29, 1.82) is 0 Å². The van der Waals surface area contributed by atoms with Crippen LogP contribution in [0, 0.1) is 14.8 Å². The second-order valence-corrected chi connectivity index (χ2v) is 5.40. The number of carbonyl (C=O) groups is 2. The van der Waals surface area contributed by atoms with Crippen LogP contribution in [0.3, 0.4) is 0 Å². The molecule has 8 nitrogen and oxygen atoms in total. The molecule has 0 aliphatic heterocycles. The number of aromatic amines is 1. The van der Waals surface area contributed by atoms with Gasteiger partial charge in [-0.25, -0.2) is 9.59 Å². The number of nitrogens with one attached hydrogen (secondary N) is 1. The lowest BCUT2D eigenvalue weighted by atomic mass is 10.0. The lowest BCUT2D eigenvalue weighted by molar-refractivity contribution is -0.384. The number of carbonyl (C=O) groups excluding carboxylic acids is 2. The largest absolute Gasteiger partial charge is 0.462 e. The number of aromatic nitrogens is 1. The van der Waals surface area contributed by atoms with Gasteiger partial charge in [-0.05, 0) is 13.8 Å². The minimum absolute atomic E-state index is 0.0108. The van der Waals surface area contributed by atoms with Crippen molar-refractivity contribution in [1.82, 2.24) is 4.98 Å². The van der Waals surface area contributed by atoms with Gasteiger partial charge >= 0.3 is 17.6 Å². The molecule has 0 saturated heterocycles. The summed E-state index contributed by atoms with van der Waals surface area (Å²) in [6, 6.07) is 8.33. The molecule has 2 rings (SSSR count). The van der Waals surface area contributed by atoms with Crippen molar-refractivity contribution in [2.75, 3.05) is 13.2 Å². The highest BCUT2D eigenvalue weighted by molar-refractivity contribution is 7.71. The van der Waals surface area contributed by atoms with E-state index < -0.39 is 28.1 Å². The second-order valence-electron chi connectivity index (χ2n) is 4.99. The van der Waals surface area contributed by atoms with Gasteiger partial charge in [0.2, 0.25) is 0 Å². The van der Waals surface area contributed by atoms with E-state index in [4.69, 9.17) is 21.7 Å². The number of hydrogen-bond acceptors (Lipinski definition) is 7. The van der Waals surface area contributed by atoms with Crippen LogP contribution < -0.4 is 0 Å². The zero-order valence-electron chi connectivity index (χ0n) is 14.1. The summed E-state index contributed by atoms with van der Waals surface area (Å²) >= 11 is 5.18. The Morgan fingerprint density at radius 2 is 1.62 bits per heavy atom. The molecule has 0 amide bonds. The van der Waals surface area contributed by atoms with Crippen LogP contribution in [0.2, 0.25) is 0 Å². The zero-order valence-corrected chi connectivity index (χ0v) is 14.9. The molecule has 0 bridgehead atoms. The number of pyridine rings is 1. The van der Waals surface area contributed by atoms with Crippen LogP contribution in [-0.4, -0.2) is 35.1 Å². The van der Waals surface area contributed by atoms with Crippen molar-refractivity contribution in [3.63, 3.8) is 0 Å². The maximum Gasteiger partial charge on any atom is 0.346 e. The van der Waals surface area contributed by atoms with E-state index in [2.05, 4.69) is 4.98 Å². The van der Waals surface area contributed by atoms with Crippen LogP contribution >= 0.6 is 12.2 Å². The lowest BCUT2D eigenvalue weighted by Crippen LogP contribution is -2.18. The van der Waals surface area contributed by atoms with Crippen LogP contribution in [0.4, 0.5) is 5.69 Å². The lowest BCUT2D eigenvalue weighted by Gasteiger charge is -2.12. The summed E-state index contributed by atoms with van der Waals surface area (Å²) in [5.74, 6) is -1.95. The molecule has 1 N–H and O–H groups in total. The van der Waals surface area contributed by atoms with Gasteiger partial charge in [-0.2, -0.15) is 0 Å². The molecule has 26 heavy (non-hydrogen) atoms. The van der Waals surface area contributed by atoms with E-state index >= 15 is 0 Å². The van der Waals surface area contributed by atoms with Crippen LogP contribution in [0.15, 0.2) is 30.3 Å². The first-order chi connectivity index (χ1) is 12.4. The average Bonchev–Trinajstić information content (AvgIpc) is 2.61. The van der Waals surface area contributed by atoms with E-state index in [0.717, 1.165) is 0 Å². The molecule has 9 heteroatoms. The molecule has 0 fully saturated rings. The Balaban J connectivity index is 2.90. The number of hydrogen-bond donors (Lipinski definition) is 1. The Kier molecular flexibility index (Phi) is 6.18. The zero-order chi connectivity index (χ0) is 19.3. The maximum absolute atomic E-state index is 12.4. The van der Waals surface area contributed by atoms with E-state index in [0.29, 0.717) is 5.56 Å². The van der Waals surface area contributed by atoms with Crippen molar-refractivity contribution in [2.24, 2.45) is 0 Å². The predicted molar refractivity (Wildman–Crippen MR) is 95.6 cm³/mol. The highest BCUT2D eigenvalue weighted by atomic mass is 32.1. The molecular weight excluding hydrogens is 360 g/mol. The molecule has 0 aliphatic carbocycles. The van der Waals surface area contributed by atoms with Crippen molar-refractivity contribution in [3.8, 4) is 11.3 Å². The Bertz CT molecular complexity index is 907. The van der Waals surface area contributed by atoms with Crippen LogP contribution in [-0.2, 0) is 9.47 Å². The normalized spacial score (nSPS) is 10.2. The Hall–Kier alpha value is -3.07. The minimum atomic E-state index is -1.01. The summed E-state index contributed by atoms with van der Waals surface area (Å²) in [6.45, 7) is 3.12. The number of nitro groups is 1. The third-order valence-electron chi connectivity index (χ3n) is 3.39. The van der Waals surface area contributed by atoms with Gasteiger partial charge in [-0.1, -0.05) is 42.5 Å². The predicted octanol–water partition coefficient (Wildman–Crippen LogP) is 3.67. The van der Waals surface area contributed by atoms with E-state index in [1.54, 1.807) is 44.2 Å². The Morgan fingerprint density at radius 3 is 2.12 bits per heavy atom. The number of rotatable bonds is 6. The van der Waals surface area contributed by atoms with Crippen LogP contribution in [0.1, 0.15) is 34.6 Å². The smallest absolute Gasteiger partial charge is 0.346 e. The molecule has 136 valence electrons. The summed E-state index contributed by atoms with van der Waals surface area (Å²) in [5.41, 5.74) is -1.04. The molecule has 0 radical (unpaired) electrons. The molecule has 0 spiro atoms. The second kappa shape index (κ2) is 8.34. The molecule has 0 atom stereocenters. The standard InChI is InChI=1S/C17H16N2O6S/c1-3-24-16(20)11-12(17(21)25-4-2)15(26)18-13(14(11)19(22)23)10-8-6-5-7-9-10/h5-9H,3-4H2,1-2H3,(H,18,26). The molecule has 1 aromatic carbocycles. The molecule has 1 heterocycles. The number of nitrogens with zero attached hydrogens (tertiary/aromatic N) is 1. The van der Waals surface area contributed by atoms with Gasteiger partial charge in [0.05, 0.1) is 18.1 Å². The summed E-state index contributed by atoms with van der Waals surface area (Å²) in [4.78, 5) is 38.4. The minimum Gasteiger partial charge on any atom is -0.462 e. The highest BCUT2D eigenvalue weighted by Crippen LogP contribution is 2.34. The first-order valence-corrected chi connectivity index (χ1v) is 8.17. The summed E-state index contributed by atoms with van der Waals surface area (Å²) < 4.78 is 9.68. The van der Waals surface area contributed by atoms with Crippen molar-refractivity contribution >= 4 is 29.8 Å². The van der Waals surface area contributed by atoms with Crippen molar-refractivity contribution in [3.05, 3.63) is 56.2 Å². The van der Waals surface area contributed by atoms with E-state index in [-0.39, 0.29) is 29.1 Å². The van der Waals surface area contributed by atoms with E-state index in [1.165, 1.54) is 0 Å². The molecule has 0 aliphatic rings. The quantitative estimate of drug-likeness (QED) is 0.354. The molecule has 0 saturated carbocycles. The Labute approximate surface area is 153 Å². The number of H-pyrrole nitrogens is 1. The fourth-order valence-corrected chi connectivity index (χ4v) is 2.68.